The number of nitrogens with one attached hydrogen (secondary N) is 1. The molecule has 0 bridgehead atoms. The molecule has 0 fully saturated rings. The van der Waals surface area contributed by atoms with Gasteiger partial charge >= 0.3 is 5.97 Å². The van der Waals surface area contributed by atoms with E-state index in [1.165, 1.54) is 18.2 Å². The number of carbonyl (C=O) groups is 2. The number of benzene rings is 1. The summed E-state index contributed by atoms with van der Waals surface area (Å²) in [7, 11) is 0. The van der Waals surface area contributed by atoms with Gasteiger partial charge in [0, 0.05) is 15.6 Å². The average molecular weight is 331 g/mol. The monoisotopic (exact) mass is 330 g/mol. The Morgan fingerprint density at radius 2 is 1.85 bits per heavy atom. The SMILES string of the molecule is Cc1nc(NC(=O)c2cc(Cl)cc(Cl)c2)sc1C(=O)O. The Kier molecular flexibility index (Phi) is 4.27. The Hall–Kier alpha value is -1.63. The Labute approximate surface area is 128 Å². The number of carbonyl (C=O) groups excluding carboxylic acids is 1. The number of aromatic carboxylic acids is 1. The van der Waals surface area contributed by atoms with Gasteiger partial charge in [0.1, 0.15) is 4.88 Å². The number of carboxylic acid groups (broad SMARTS) is 1. The number of aromatic nitrogens is 1. The summed E-state index contributed by atoms with van der Waals surface area (Å²) >= 11 is 12.5. The lowest BCUT2D eigenvalue weighted by atomic mass is 10.2. The zero-order valence-corrected chi connectivity index (χ0v) is 12.4. The number of halogens is 2. The molecule has 0 saturated heterocycles. The number of amides is 1. The number of hydrogen-bond donors (Lipinski definition) is 2. The zero-order valence-electron chi connectivity index (χ0n) is 10.1. The number of aryl methyl sites for hydroxylation is 1. The molecule has 1 aromatic carbocycles. The first kappa shape index (κ1) is 14.8. The summed E-state index contributed by atoms with van der Waals surface area (Å²) in [4.78, 5) is 27.0. The highest BCUT2D eigenvalue weighted by Gasteiger charge is 2.16. The van der Waals surface area contributed by atoms with E-state index >= 15 is 0 Å². The van der Waals surface area contributed by atoms with Crippen LogP contribution >= 0.6 is 34.5 Å². The van der Waals surface area contributed by atoms with E-state index in [9.17, 15) is 9.59 Å². The normalized spacial score (nSPS) is 10.3. The molecule has 20 heavy (non-hydrogen) atoms. The number of rotatable bonds is 3. The lowest BCUT2D eigenvalue weighted by molar-refractivity contribution is 0.0701. The fraction of sp³-hybridized carbons (Fsp3) is 0.0833. The second-order valence-corrected chi connectivity index (χ2v) is 5.72. The van der Waals surface area contributed by atoms with Crippen molar-refractivity contribution in [3.05, 3.63) is 44.4 Å². The van der Waals surface area contributed by atoms with Gasteiger partial charge in [0.2, 0.25) is 0 Å². The first-order chi connectivity index (χ1) is 9.36. The number of thiazole rings is 1. The molecule has 1 heterocycles. The van der Waals surface area contributed by atoms with Crippen molar-refractivity contribution in [3.8, 4) is 0 Å². The van der Waals surface area contributed by atoms with Gasteiger partial charge in [0.15, 0.2) is 5.13 Å². The third-order valence-electron chi connectivity index (χ3n) is 2.34. The van der Waals surface area contributed by atoms with Crippen molar-refractivity contribution in [1.29, 1.82) is 0 Å². The Balaban J connectivity index is 2.23. The van der Waals surface area contributed by atoms with Gasteiger partial charge in [-0.25, -0.2) is 9.78 Å². The molecule has 0 aliphatic heterocycles. The minimum atomic E-state index is -1.08. The van der Waals surface area contributed by atoms with Crippen molar-refractivity contribution in [2.45, 2.75) is 6.92 Å². The highest BCUT2D eigenvalue weighted by Crippen LogP contribution is 2.24. The van der Waals surface area contributed by atoms with Crippen molar-refractivity contribution < 1.29 is 14.7 Å². The molecule has 0 atom stereocenters. The van der Waals surface area contributed by atoms with Crippen molar-refractivity contribution in [2.75, 3.05) is 5.32 Å². The molecule has 2 N–H and O–H groups in total. The second-order valence-electron chi connectivity index (χ2n) is 3.85. The number of carboxylic acids is 1. The van der Waals surface area contributed by atoms with E-state index in [0.717, 1.165) is 11.3 Å². The molecule has 0 unspecified atom stereocenters. The summed E-state index contributed by atoms with van der Waals surface area (Å²) in [6.45, 7) is 1.56. The standard InChI is InChI=1S/C12H8Cl2N2O3S/c1-5-9(11(18)19)20-12(15-5)16-10(17)6-2-7(13)4-8(14)3-6/h2-4H,1H3,(H,18,19)(H,15,16,17). The van der Waals surface area contributed by atoms with Gasteiger partial charge < -0.3 is 5.11 Å². The summed E-state index contributed by atoms with van der Waals surface area (Å²) < 4.78 is 0. The second kappa shape index (κ2) is 5.78. The number of nitrogens with zero attached hydrogens (tertiary/aromatic N) is 1. The Morgan fingerprint density at radius 3 is 2.35 bits per heavy atom. The topological polar surface area (TPSA) is 79.3 Å². The highest BCUT2D eigenvalue weighted by molar-refractivity contribution is 7.17. The highest BCUT2D eigenvalue weighted by atomic mass is 35.5. The van der Waals surface area contributed by atoms with Crippen LogP contribution in [0.3, 0.4) is 0 Å². The molecule has 2 aromatic rings. The van der Waals surface area contributed by atoms with E-state index in [4.69, 9.17) is 28.3 Å². The first-order valence-corrected chi connectivity index (χ1v) is 6.92. The van der Waals surface area contributed by atoms with Gasteiger partial charge in [0.05, 0.1) is 5.69 Å². The average Bonchev–Trinajstić information content (AvgIpc) is 2.69. The molecule has 0 aliphatic rings. The molecule has 0 radical (unpaired) electrons. The van der Waals surface area contributed by atoms with Crippen molar-refractivity contribution in [1.82, 2.24) is 4.98 Å². The third kappa shape index (κ3) is 3.27. The molecule has 0 spiro atoms. The fourth-order valence-corrected chi connectivity index (χ4v) is 2.83. The van der Waals surface area contributed by atoms with E-state index in [1.807, 2.05) is 0 Å². The summed E-state index contributed by atoms with van der Waals surface area (Å²) in [5.41, 5.74) is 0.620. The molecule has 5 nitrogen and oxygen atoms in total. The Morgan fingerprint density at radius 1 is 1.25 bits per heavy atom. The van der Waals surface area contributed by atoms with Crippen LogP contribution in [0.15, 0.2) is 18.2 Å². The minimum absolute atomic E-state index is 0.0874. The summed E-state index contributed by atoms with van der Waals surface area (Å²) in [6.07, 6.45) is 0. The zero-order chi connectivity index (χ0) is 14.9. The first-order valence-electron chi connectivity index (χ1n) is 5.35. The van der Waals surface area contributed by atoms with Gasteiger partial charge in [0.25, 0.3) is 5.91 Å². The molecule has 104 valence electrons. The van der Waals surface area contributed by atoms with Crippen molar-refractivity contribution in [2.24, 2.45) is 0 Å². The van der Waals surface area contributed by atoms with Crippen LogP contribution in [0.25, 0.3) is 0 Å². The van der Waals surface area contributed by atoms with Crippen LogP contribution in [-0.2, 0) is 0 Å². The van der Waals surface area contributed by atoms with Gasteiger partial charge in [-0.1, -0.05) is 34.5 Å². The maximum Gasteiger partial charge on any atom is 0.347 e. The molecular formula is C12H8Cl2N2O3S. The quantitative estimate of drug-likeness (QED) is 0.899. The van der Waals surface area contributed by atoms with Crippen molar-refractivity contribution >= 4 is 51.5 Å². The predicted molar refractivity (Wildman–Crippen MR) is 78.2 cm³/mol. The fourth-order valence-electron chi connectivity index (χ4n) is 1.50. The predicted octanol–water partition coefficient (Wildman–Crippen LogP) is 3.71. The van der Waals surface area contributed by atoms with E-state index in [-0.39, 0.29) is 15.6 Å². The largest absolute Gasteiger partial charge is 0.477 e. The minimum Gasteiger partial charge on any atom is -0.477 e. The molecule has 0 saturated carbocycles. The lowest BCUT2D eigenvalue weighted by Crippen LogP contribution is -2.11. The van der Waals surface area contributed by atoms with Crippen LogP contribution in [0, 0.1) is 6.92 Å². The number of anilines is 1. The van der Waals surface area contributed by atoms with Crippen LogP contribution < -0.4 is 5.32 Å². The van der Waals surface area contributed by atoms with E-state index in [0.29, 0.717) is 15.7 Å². The van der Waals surface area contributed by atoms with E-state index in [1.54, 1.807) is 6.92 Å². The number of hydrogen-bond acceptors (Lipinski definition) is 4. The van der Waals surface area contributed by atoms with Gasteiger partial charge in [-0.05, 0) is 25.1 Å². The van der Waals surface area contributed by atoms with Crippen LogP contribution in [0.1, 0.15) is 25.7 Å². The smallest absolute Gasteiger partial charge is 0.347 e. The maximum absolute atomic E-state index is 12.0. The van der Waals surface area contributed by atoms with Gasteiger partial charge in [-0.15, -0.1) is 0 Å². The molecule has 2 rings (SSSR count). The van der Waals surface area contributed by atoms with Crippen molar-refractivity contribution in [3.63, 3.8) is 0 Å². The van der Waals surface area contributed by atoms with Crippen LogP contribution in [0.4, 0.5) is 5.13 Å². The van der Waals surface area contributed by atoms with E-state index in [2.05, 4.69) is 10.3 Å². The van der Waals surface area contributed by atoms with Gasteiger partial charge in [-0.3, -0.25) is 10.1 Å². The molecule has 8 heteroatoms. The lowest BCUT2D eigenvalue weighted by Gasteiger charge is -2.03. The Bertz CT molecular complexity index is 680. The summed E-state index contributed by atoms with van der Waals surface area (Å²) in [5, 5.41) is 12.3. The molecular weight excluding hydrogens is 323 g/mol. The summed E-state index contributed by atoms with van der Waals surface area (Å²) in [6, 6.07) is 4.43. The molecule has 0 aliphatic carbocycles. The third-order valence-corrected chi connectivity index (χ3v) is 3.83. The summed E-state index contributed by atoms with van der Waals surface area (Å²) in [5.74, 6) is -1.54. The van der Waals surface area contributed by atoms with Gasteiger partial charge in [-0.2, -0.15) is 0 Å². The molecule has 1 aromatic heterocycles. The van der Waals surface area contributed by atoms with E-state index < -0.39 is 11.9 Å². The maximum atomic E-state index is 12.0. The van der Waals surface area contributed by atoms with Crippen LogP contribution in [-0.4, -0.2) is 22.0 Å². The van der Waals surface area contributed by atoms with Crippen LogP contribution in [0.2, 0.25) is 10.0 Å². The van der Waals surface area contributed by atoms with Crippen LogP contribution in [0.5, 0.6) is 0 Å². The molecule has 1 amide bonds.